The van der Waals surface area contributed by atoms with Gasteiger partial charge in [0.2, 0.25) is 0 Å². The molecule has 0 saturated heterocycles. The average molecular weight is 255 g/mol. The summed E-state index contributed by atoms with van der Waals surface area (Å²) in [6, 6.07) is 0. The first-order chi connectivity index (χ1) is 8.59. The zero-order valence-corrected chi connectivity index (χ0v) is 12.0. The van der Waals surface area contributed by atoms with E-state index in [1.165, 1.54) is 12.8 Å². The largest absolute Gasteiger partial charge is 0.465 e. The van der Waals surface area contributed by atoms with Crippen LogP contribution in [0.15, 0.2) is 0 Å². The fourth-order valence-electron chi connectivity index (χ4n) is 2.70. The fraction of sp³-hybridized carbons (Fsp3) is 0.933. The van der Waals surface area contributed by atoms with Gasteiger partial charge < -0.3 is 10.5 Å². The van der Waals surface area contributed by atoms with Gasteiger partial charge >= 0.3 is 5.97 Å². The van der Waals surface area contributed by atoms with Crippen LogP contribution < -0.4 is 5.73 Å². The molecular weight excluding hydrogens is 226 g/mol. The summed E-state index contributed by atoms with van der Waals surface area (Å²) in [6.07, 6.45) is 9.31. The third-order valence-corrected chi connectivity index (χ3v) is 4.12. The summed E-state index contributed by atoms with van der Waals surface area (Å²) in [5, 5.41) is 0. The van der Waals surface area contributed by atoms with Crippen molar-refractivity contribution in [2.24, 2.45) is 11.7 Å². The van der Waals surface area contributed by atoms with E-state index in [0.717, 1.165) is 38.5 Å². The maximum Gasteiger partial charge on any atom is 0.307 e. The molecular formula is C15H29NO2. The van der Waals surface area contributed by atoms with Gasteiger partial charge in [-0.05, 0) is 25.2 Å². The Kier molecular flexibility index (Phi) is 6.69. The average Bonchev–Trinajstić information content (AvgIpc) is 2.76. The third kappa shape index (κ3) is 5.38. The summed E-state index contributed by atoms with van der Waals surface area (Å²) in [6.45, 7) is 4.93. The standard InChI is InChI=1S/C15H29NO2/c1-3-5-8-13(4-2)12-18-14(17)11-15(16)9-6-7-10-15/h13H,3-12,16H2,1-2H3. The summed E-state index contributed by atoms with van der Waals surface area (Å²) in [7, 11) is 0. The van der Waals surface area contributed by atoms with Crippen LogP contribution in [0, 0.1) is 5.92 Å². The second-order valence-corrected chi connectivity index (χ2v) is 5.85. The van der Waals surface area contributed by atoms with E-state index in [1.54, 1.807) is 0 Å². The predicted octanol–water partition coefficient (Wildman–Crippen LogP) is 3.41. The summed E-state index contributed by atoms with van der Waals surface area (Å²) in [4.78, 5) is 11.8. The van der Waals surface area contributed by atoms with Gasteiger partial charge in [0.05, 0.1) is 13.0 Å². The minimum atomic E-state index is -0.276. The quantitative estimate of drug-likeness (QED) is 0.676. The minimum absolute atomic E-state index is 0.102. The Morgan fingerprint density at radius 2 is 2.00 bits per heavy atom. The van der Waals surface area contributed by atoms with Gasteiger partial charge in [0.25, 0.3) is 0 Å². The molecule has 3 heteroatoms. The van der Waals surface area contributed by atoms with E-state index in [9.17, 15) is 4.79 Å². The Bertz CT molecular complexity index is 247. The van der Waals surface area contributed by atoms with Crippen molar-refractivity contribution in [3.05, 3.63) is 0 Å². The molecule has 0 radical (unpaired) electrons. The monoisotopic (exact) mass is 255 g/mol. The molecule has 2 N–H and O–H groups in total. The van der Waals surface area contributed by atoms with Gasteiger partial charge in [-0.25, -0.2) is 0 Å². The van der Waals surface area contributed by atoms with E-state index >= 15 is 0 Å². The first kappa shape index (κ1) is 15.5. The topological polar surface area (TPSA) is 52.3 Å². The highest BCUT2D eigenvalue weighted by Gasteiger charge is 2.32. The Morgan fingerprint density at radius 3 is 2.56 bits per heavy atom. The molecule has 0 heterocycles. The second-order valence-electron chi connectivity index (χ2n) is 5.85. The number of hydrogen-bond acceptors (Lipinski definition) is 3. The normalized spacial score (nSPS) is 19.7. The van der Waals surface area contributed by atoms with Gasteiger partial charge in [-0.15, -0.1) is 0 Å². The van der Waals surface area contributed by atoms with Crippen molar-refractivity contribution in [2.75, 3.05) is 6.61 Å². The summed E-state index contributed by atoms with van der Waals surface area (Å²) < 4.78 is 5.40. The molecule has 0 aromatic rings. The number of ether oxygens (including phenoxy) is 1. The molecule has 1 atom stereocenters. The molecule has 106 valence electrons. The molecule has 0 aromatic carbocycles. The smallest absolute Gasteiger partial charge is 0.307 e. The maximum atomic E-state index is 11.8. The van der Waals surface area contributed by atoms with Crippen LogP contribution in [0.4, 0.5) is 0 Å². The van der Waals surface area contributed by atoms with E-state index in [4.69, 9.17) is 10.5 Å². The first-order valence-electron chi connectivity index (χ1n) is 7.54. The van der Waals surface area contributed by atoms with Crippen molar-refractivity contribution >= 4 is 5.97 Å². The molecule has 1 saturated carbocycles. The molecule has 3 nitrogen and oxygen atoms in total. The molecule has 0 aromatic heterocycles. The van der Waals surface area contributed by atoms with Gasteiger partial charge in [-0.3, -0.25) is 4.79 Å². The van der Waals surface area contributed by atoms with Crippen molar-refractivity contribution in [1.29, 1.82) is 0 Å². The van der Waals surface area contributed by atoms with Crippen LogP contribution >= 0.6 is 0 Å². The molecule has 1 rings (SSSR count). The number of unbranched alkanes of at least 4 members (excludes halogenated alkanes) is 1. The van der Waals surface area contributed by atoms with E-state index < -0.39 is 0 Å². The van der Waals surface area contributed by atoms with Crippen LogP contribution in [0.25, 0.3) is 0 Å². The zero-order valence-electron chi connectivity index (χ0n) is 12.0. The number of nitrogens with two attached hydrogens (primary N) is 1. The molecule has 1 fully saturated rings. The van der Waals surface area contributed by atoms with Crippen LogP contribution in [0.1, 0.15) is 71.6 Å². The van der Waals surface area contributed by atoms with Crippen LogP contribution in [0.2, 0.25) is 0 Å². The van der Waals surface area contributed by atoms with Gasteiger partial charge in [0.15, 0.2) is 0 Å². The van der Waals surface area contributed by atoms with E-state index in [0.29, 0.717) is 18.9 Å². The van der Waals surface area contributed by atoms with Gasteiger partial charge in [-0.2, -0.15) is 0 Å². The lowest BCUT2D eigenvalue weighted by atomic mass is 9.95. The third-order valence-electron chi connectivity index (χ3n) is 4.12. The van der Waals surface area contributed by atoms with Crippen molar-refractivity contribution < 1.29 is 9.53 Å². The Balaban J connectivity index is 2.22. The Morgan fingerprint density at radius 1 is 1.33 bits per heavy atom. The molecule has 1 unspecified atom stereocenters. The lowest BCUT2D eigenvalue weighted by molar-refractivity contribution is -0.146. The van der Waals surface area contributed by atoms with Crippen molar-refractivity contribution in [2.45, 2.75) is 77.2 Å². The van der Waals surface area contributed by atoms with E-state index in [-0.39, 0.29) is 11.5 Å². The number of carbonyl (C=O) groups excluding carboxylic acids is 1. The first-order valence-corrected chi connectivity index (χ1v) is 7.54. The summed E-state index contributed by atoms with van der Waals surface area (Å²) in [5.41, 5.74) is 5.90. The number of esters is 1. The van der Waals surface area contributed by atoms with Gasteiger partial charge in [-0.1, -0.05) is 46.0 Å². The van der Waals surface area contributed by atoms with Crippen molar-refractivity contribution in [3.8, 4) is 0 Å². The number of carbonyl (C=O) groups is 1. The number of hydrogen-bond donors (Lipinski definition) is 1. The SMILES string of the molecule is CCCCC(CC)COC(=O)CC1(N)CCCC1. The Hall–Kier alpha value is -0.570. The lowest BCUT2D eigenvalue weighted by Gasteiger charge is -2.23. The van der Waals surface area contributed by atoms with Crippen LogP contribution in [0.3, 0.4) is 0 Å². The van der Waals surface area contributed by atoms with Crippen molar-refractivity contribution in [3.63, 3.8) is 0 Å². The molecule has 1 aliphatic rings. The number of rotatable bonds is 8. The predicted molar refractivity (Wildman–Crippen MR) is 74.3 cm³/mol. The van der Waals surface area contributed by atoms with Crippen LogP contribution in [-0.2, 0) is 9.53 Å². The maximum absolute atomic E-state index is 11.8. The summed E-state index contributed by atoms with van der Waals surface area (Å²) in [5.74, 6) is 0.417. The summed E-state index contributed by atoms with van der Waals surface area (Å²) >= 11 is 0. The highest BCUT2D eigenvalue weighted by molar-refractivity contribution is 5.71. The molecule has 1 aliphatic carbocycles. The molecule has 0 aliphatic heterocycles. The molecule has 0 amide bonds. The van der Waals surface area contributed by atoms with Crippen molar-refractivity contribution in [1.82, 2.24) is 0 Å². The molecule has 0 spiro atoms. The second kappa shape index (κ2) is 7.78. The molecule has 18 heavy (non-hydrogen) atoms. The highest BCUT2D eigenvalue weighted by Crippen LogP contribution is 2.30. The zero-order chi connectivity index (χ0) is 13.4. The highest BCUT2D eigenvalue weighted by atomic mass is 16.5. The van der Waals surface area contributed by atoms with Crippen LogP contribution in [0.5, 0.6) is 0 Å². The molecule has 0 bridgehead atoms. The van der Waals surface area contributed by atoms with Crippen LogP contribution in [-0.4, -0.2) is 18.1 Å². The lowest BCUT2D eigenvalue weighted by Crippen LogP contribution is -2.39. The van der Waals surface area contributed by atoms with E-state index in [2.05, 4.69) is 13.8 Å². The fourth-order valence-corrected chi connectivity index (χ4v) is 2.70. The minimum Gasteiger partial charge on any atom is -0.465 e. The van der Waals surface area contributed by atoms with Gasteiger partial charge in [0, 0.05) is 5.54 Å². The Labute approximate surface area is 111 Å². The van der Waals surface area contributed by atoms with Gasteiger partial charge in [0.1, 0.15) is 0 Å². The van der Waals surface area contributed by atoms with E-state index in [1.807, 2.05) is 0 Å².